The molecule has 1 rings (SSSR count). The van der Waals surface area contributed by atoms with Gasteiger partial charge in [-0.25, -0.2) is 0 Å². The van der Waals surface area contributed by atoms with Gasteiger partial charge in [-0.05, 0) is 13.3 Å². The van der Waals surface area contributed by atoms with Crippen molar-refractivity contribution in [1.29, 1.82) is 0 Å². The zero-order valence-electron chi connectivity index (χ0n) is 11.1. The summed E-state index contributed by atoms with van der Waals surface area (Å²) in [6, 6.07) is 0.807. The van der Waals surface area contributed by atoms with Gasteiger partial charge in [0.05, 0.1) is 6.61 Å². The molecular weight excluding hydrogens is 245 g/mol. The van der Waals surface area contributed by atoms with E-state index in [2.05, 4.69) is 28.8 Å². The first-order valence-electron chi connectivity index (χ1n) is 6.54. The van der Waals surface area contributed by atoms with Gasteiger partial charge in [0, 0.05) is 31.7 Å². The number of alkyl halides is 3. The quantitative estimate of drug-likeness (QED) is 0.746. The Morgan fingerprint density at radius 3 is 2.72 bits per heavy atom. The normalized spacial score (nSPS) is 26.5. The summed E-state index contributed by atoms with van der Waals surface area (Å²) < 4.78 is 40.4. The van der Waals surface area contributed by atoms with Gasteiger partial charge < -0.3 is 10.1 Å². The van der Waals surface area contributed by atoms with Crippen molar-refractivity contribution in [3.05, 3.63) is 0 Å². The van der Waals surface area contributed by atoms with Crippen molar-refractivity contribution in [3.8, 4) is 0 Å². The van der Waals surface area contributed by atoms with Gasteiger partial charge in [-0.1, -0.05) is 13.3 Å². The molecule has 18 heavy (non-hydrogen) atoms. The fourth-order valence-corrected chi connectivity index (χ4v) is 2.22. The molecule has 2 unspecified atom stereocenters. The van der Waals surface area contributed by atoms with Gasteiger partial charge in [-0.15, -0.1) is 0 Å². The molecule has 0 spiro atoms. The largest absolute Gasteiger partial charge is 0.411 e. The average Bonchev–Trinajstić information content (AvgIpc) is 2.27. The minimum Gasteiger partial charge on any atom is -0.371 e. The SMILES string of the molecule is CCCC1CN(CCOCC(F)(F)F)C(C)CN1. The molecule has 1 saturated heterocycles. The van der Waals surface area contributed by atoms with Gasteiger partial charge in [0.2, 0.25) is 0 Å². The third-order valence-corrected chi connectivity index (χ3v) is 3.21. The average molecular weight is 268 g/mol. The highest BCUT2D eigenvalue weighted by Crippen LogP contribution is 2.15. The third kappa shape index (κ3) is 6.02. The standard InChI is InChI=1S/C12H23F3N2O/c1-3-4-11-8-17(10(2)7-16-11)5-6-18-9-12(13,14)15/h10-11,16H,3-9H2,1-2H3. The number of hydrogen-bond acceptors (Lipinski definition) is 3. The van der Waals surface area contributed by atoms with Gasteiger partial charge in [-0.2, -0.15) is 13.2 Å². The summed E-state index contributed by atoms with van der Waals surface area (Å²) >= 11 is 0. The van der Waals surface area contributed by atoms with Crippen molar-refractivity contribution < 1.29 is 17.9 Å². The molecule has 0 saturated carbocycles. The Labute approximate surface area is 107 Å². The molecule has 3 nitrogen and oxygen atoms in total. The third-order valence-electron chi connectivity index (χ3n) is 3.21. The summed E-state index contributed by atoms with van der Waals surface area (Å²) in [7, 11) is 0. The predicted molar refractivity (Wildman–Crippen MR) is 64.6 cm³/mol. The molecule has 6 heteroatoms. The van der Waals surface area contributed by atoms with Gasteiger partial charge in [0.1, 0.15) is 6.61 Å². The first-order chi connectivity index (χ1) is 8.42. The fraction of sp³-hybridized carbons (Fsp3) is 1.00. The lowest BCUT2D eigenvalue weighted by atomic mass is 10.1. The lowest BCUT2D eigenvalue weighted by Crippen LogP contribution is -2.56. The number of nitrogens with zero attached hydrogens (tertiary/aromatic N) is 1. The van der Waals surface area contributed by atoms with E-state index in [1.807, 2.05) is 0 Å². The highest BCUT2D eigenvalue weighted by Gasteiger charge is 2.28. The Bertz CT molecular complexity index is 236. The summed E-state index contributed by atoms with van der Waals surface area (Å²) in [5, 5.41) is 3.45. The van der Waals surface area contributed by atoms with Gasteiger partial charge in [0.25, 0.3) is 0 Å². The Morgan fingerprint density at radius 1 is 1.39 bits per heavy atom. The van der Waals surface area contributed by atoms with Crippen LogP contribution in [0.2, 0.25) is 0 Å². The number of halogens is 3. The number of rotatable bonds is 6. The van der Waals surface area contributed by atoms with Crippen LogP contribution in [-0.4, -0.2) is 56.0 Å². The van der Waals surface area contributed by atoms with E-state index < -0.39 is 12.8 Å². The van der Waals surface area contributed by atoms with Crippen LogP contribution >= 0.6 is 0 Å². The van der Waals surface area contributed by atoms with E-state index in [0.29, 0.717) is 18.6 Å². The number of nitrogens with one attached hydrogen (secondary N) is 1. The summed E-state index contributed by atoms with van der Waals surface area (Å²) in [5.74, 6) is 0. The van der Waals surface area contributed by atoms with Gasteiger partial charge >= 0.3 is 6.18 Å². The minimum atomic E-state index is -4.22. The lowest BCUT2D eigenvalue weighted by Gasteiger charge is -2.38. The zero-order chi connectivity index (χ0) is 13.6. The molecule has 0 aromatic rings. The monoisotopic (exact) mass is 268 g/mol. The van der Waals surface area contributed by atoms with E-state index in [4.69, 9.17) is 0 Å². The first-order valence-corrected chi connectivity index (χ1v) is 6.54. The number of hydrogen-bond donors (Lipinski definition) is 1. The van der Waals surface area contributed by atoms with Crippen molar-refractivity contribution in [2.75, 3.05) is 32.8 Å². The highest BCUT2D eigenvalue weighted by atomic mass is 19.4. The molecule has 0 bridgehead atoms. The Kier molecular flexibility index (Phi) is 6.38. The van der Waals surface area contributed by atoms with Gasteiger partial charge in [-0.3, -0.25) is 4.90 Å². The first kappa shape index (κ1) is 15.7. The van der Waals surface area contributed by atoms with Gasteiger partial charge in [0.15, 0.2) is 0 Å². The Balaban J connectivity index is 2.22. The molecule has 0 aromatic carbocycles. The van der Waals surface area contributed by atoms with E-state index in [1.165, 1.54) is 0 Å². The molecule has 0 aliphatic carbocycles. The van der Waals surface area contributed by atoms with Crippen LogP contribution in [0.25, 0.3) is 0 Å². The number of ether oxygens (including phenoxy) is 1. The number of piperazine rings is 1. The van der Waals surface area contributed by atoms with Crippen LogP contribution < -0.4 is 5.32 Å². The summed E-state index contributed by atoms with van der Waals surface area (Å²) in [5.41, 5.74) is 0. The maximum atomic E-state index is 11.9. The van der Waals surface area contributed by atoms with E-state index in [0.717, 1.165) is 25.9 Å². The molecule has 1 aliphatic rings. The summed E-state index contributed by atoms with van der Waals surface area (Å²) in [4.78, 5) is 2.20. The van der Waals surface area contributed by atoms with Crippen LogP contribution in [0.5, 0.6) is 0 Å². The second-order valence-corrected chi connectivity index (χ2v) is 4.91. The molecule has 1 heterocycles. The van der Waals surface area contributed by atoms with Crippen molar-refractivity contribution in [3.63, 3.8) is 0 Å². The van der Waals surface area contributed by atoms with E-state index >= 15 is 0 Å². The van der Waals surface area contributed by atoms with Crippen LogP contribution in [0.3, 0.4) is 0 Å². The summed E-state index contributed by atoms with van der Waals surface area (Å²) in [6.45, 7) is 5.57. The Hall–Kier alpha value is -0.330. The topological polar surface area (TPSA) is 24.5 Å². The molecule has 108 valence electrons. The van der Waals surface area contributed by atoms with Crippen molar-refractivity contribution >= 4 is 0 Å². The van der Waals surface area contributed by atoms with Crippen LogP contribution in [0.1, 0.15) is 26.7 Å². The van der Waals surface area contributed by atoms with Crippen LogP contribution in [0.15, 0.2) is 0 Å². The van der Waals surface area contributed by atoms with Crippen LogP contribution in [0.4, 0.5) is 13.2 Å². The van der Waals surface area contributed by atoms with Crippen molar-refractivity contribution in [2.24, 2.45) is 0 Å². The maximum absolute atomic E-state index is 11.9. The van der Waals surface area contributed by atoms with E-state index in [9.17, 15) is 13.2 Å². The molecule has 0 radical (unpaired) electrons. The van der Waals surface area contributed by atoms with E-state index in [1.54, 1.807) is 0 Å². The molecule has 1 aliphatic heterocycles. The van der Waals surface area contributed by atoms with Crippen molar-refractivity contribution in [2.45, 2.75) is 44.9 Å². The predicted octanol–water partition coefficient (Wildman–Crippen LogP) is 2.03. The van der Waals surface area contributed by atoms with Crippen LogP contribution in [0, 0.1) is 0 Å². The maximum Gasteiger partial charge on any atom is 0.411 e. The molecule has 1 fully saturated rings. The smallest absolute Gasteiger partial charge is 0.371 e. The van der Waals surface area contributed by atoms with Crippen molar-refractivity contribution in [1.82, 2.24) is 10.2 Å². The molecular formula is C12H23F3N2O. The van der Waals surface area contributed by atoms with E-state index in [-0.39, 0.29) is 6.61 Å². The molecule has 2 atom stereocenters. The van der Waals surface area contributed by atoms with Crippen LogP contribution in [-0.2, 0) is 4.74 Å². The zero-order valence-corrected chi connectivity index (χ0v) is 11.1. The summed E-state index contributed by atoms with van der Waals surface area (Å²) in [6.07, 6.45) is -2.00. The fourth-order valence-electron chi connectivity index (χ4n) is 2.22. The minimum absolute atomic E-state index is 0.142. The Morgan fingerprint density at radius 2 is 2.11 bits per heavy atom. The second-order valence-electron chi connectivity index (χ2n) is 4.91. The lowest BCUT2D eigenvalue weighted by molar-refractivity contribution is -0.175. The molecule has 0 amide bonds. The highest BCUT2D eigenvalue weighted by molar-refractivity contribution is 4.83. The molecule has 1 N–H and O–H groups in total. The molecule has 0 aromatic heterocycles. The second kappa shape index (κ2) is 7.31.